The fourth-order valence-electron chi connectivity index (χ4n) is 3.87. The molecule has 0 heteroatoms. The highest BCUT2D eigenvalue weighted by Gasteiger charge is 2.21. The minimum absolute atomic E-state index is 0.576. The van der Waals surface area contributed by atoms with Crippen molar-refractivity contribution in [2.75, 3.05) is 0 Å². The van der Waals surface area contributed by atoms with Crippen LogP contribution >= 0.6 is 0 Å². The second-order valence-corrected chi connectivity index (χ2v) is 7.38. The monoisotopic (exact) mass is 312 g/mol. The maximum atomic E-state index is 2.37. The summed E-state index contributed by atoms with van der Waals surface area (Å²) < 4.78 is 0. The van der Waals surface area contributed by atoms with Crippen molar-refractivity contribution >= 4 is 17.2 Å². The highest BCUT2D eigenvalue weighted by atomic mass is 14.3. The summed E-state index contributed by atoms with van der Waals surface area (Å²) in [6, 6.07) is 15.8. The Morgan fingerprint density at radius 1 is 1.00 bits per heavy atom. The lowest BCUT2D eigenvalue weighted by Crippen LogP contribution is -2.01. The van der Waals surface area contributed by atoms with Crippen molar-refractivity contribution in [3.05, 3.63) is 88.5 Å². The molecule has 0 spiro atoms. The van der Waals surface area contributed by atoms with E-state index in [4.69, 9.17) is 0 Å². The third kappa shape index (κ3) is 2.67. The van der Waals surface area contributed by atoms with E-state index in [-0.39, 0.29) is 0 Å². The van der Waals surface area contributed by atoms with E-state index in [2.05, 4.69) is 87.5 Å². The first kappa shape index (κ1) is 15.2. The van der Waals surface area contributed by atoms with Crippen LogP contribution in [-0.4, -0.2) is 0 Å². The molecule has 0 N–H and O–H groups in total. The quantitative estimate of drug-likeness (QED) is 0.596. The second-order valence-electron chi connectivity index (χ2n) is 7.38. The average molecular weight is 312 g/mol. The number of fused-ring (bicyclic) bond motifs is 1. The van der Waals surface area contributed by atoms with Gasteiger partial charge in [0, 0.05) is 5.92 Å². The molecule has 24 heavy (non-hydrogen) atoms. The van der Waals surface area contributed by atoms with Gasteiger partial charge < -0.3 is 0 Å². The molecule has 1 atom stereocenters. The Balaban J connectivity index is 1.63. The van der Waals surface area contributed by atoms with Crippen LogP contribution in [0.4, 0.5) is 0 Å². The van der Waals surface area contributed by atoms with Crippen LogP contribution < -0.4 is 0 Å². The van der Waals surface area contributed by atoms with E-state index in [0.29, 0.717) is 11.8 Å². The van der Waals surface area contributed by atoms with Gasteiger partial charge in [0.2, 0.25) is 0 Å². The van der Waals surface area contributed by atoms with Crippen molar-refractivity contribution in [1.29, 1.82) is 0 Å². The molecule has 0 saturated heterocycles. The van der Waals surface area contributed by atoms with Crippen LogP contribution in [0.25, 0.3) is 17.2 Å². The summed E-state index contributed by atoms with van der Waals surface area (Å²) in [4.78, 5) is 0. The van der Waals surface area contributed by atoms with E-state index in [9.17, 15) is 0 Å². The zero-order valence-electron chi connectivity index (χ0n) is 14.7. The summed E-state index contributed by atoms with van der Waals surface area (Å²) in [5, 5.41) is 0. The number of allylic oxidation sites excluding steroid dienone is 5. The molecule has 0 saturated carbocycles. The van der Waals surface area contributed by atoms with E-state index in [0.717, 1.165) is 6.42 Å². The van der Waals surface area contributed by atoms with Crippen LogP contribution in [0.1, 0.15) is 54.0 Å². The predicted octanol–water partition coefficient (Wildman–Crippen LogP) is 6.63. The van der Waals surface area contributed by atoms with E-state index in [1.165, 1.54) is 39.0 Å². The minimum atomic E-state index is 0.576. The molecule has 120 valence electrons. The van der Waals surface area contributed by atoms with Gasteiger partial charge in [0.25, 0.3) is 0 Å². The van der Waals surface area contributed by atoms with Crippen LogP contribution in [0.3, 0.4) is 0 Å². The van der Waals surface area contributed by atoms with Crippen LogP contribution in [0, 0.1) is 12.8 Å². The smallest absolute Gasteiger partial charge is 0.00502 e. The Hall–Kier alpha value is -2.34. The molecule has 2 aliphatic carbocycles. The summed E-state index contributed by atoms with van der Waals surface area (Å²) in [6.07, 6.45) is 10.4. The van der Waals surface area contributed by atoms with Crippen molar-refractivity contribution in [2.24, 2.45) is 5.92 Å². The van der Waals surface area contributed by atoms with Crippen molar-refractivity contribution in [3.63, 3.8) is 0 Å². The number of aryl methyl sites for hydroxylation is 1. The largest absolute Gasteiger partial charge is 0.0761 e. The predicted molar refractivity (Wildman–Crippen MR) is 105 cm³/mol. The normalized spacial score (nSPS) is 18.8. The Bertz CT molecular complexity index is 875. The van der Waals surface area contributed by atoms with Gasteiger partial charge in [0.1, 0.15) is 0 Å². The maximum absolute atomic E-state index is 2.37. The fraction of sp³-hybridized carbons (Fsp3) is 0.250. The molecule has 0 bridgehead atoms. The fourth-order valence-corrected chi connectivity index (χ4v) is 3.87. The summed E-state index contributed by atoms with van der Waals surface area (Å²) in [7, 11) is 0. The van der Waals surface area contributed by atoms with E-state index < -0.39 is 0 Å². The molecular weight excluding hydrogens is 288 g/mol. The molecular formula is C24H24. The molecule has 0 amide bonds. The van der Waals surface area contributed by atoms with Crippen LogP contribution in [-0.2, 0) is 0 Å². The highest BCUT2D eigenvalue weighted by Crippen LogP contribution is 2.38. The number of hydrogen-bond donors (Lipinski definition) is 0. The molecule has 0 aromatic heterocycles. The maximum Gasteiger partial charge on any atom is 0.00502 e. The number of rotatable bonds is 3. The summed E-state index contributed by atoms with van der Waals surface area (Å²) in [5.41, 5.74) is 9.67. The molecule has 2 aromatic carbocycles. The third-order valence-electron chi connectivity index (χ3n) is 5.24. The van der Waals surface area contributed by atoms with Gasteiger partial charge in [0.05, 0.1) is 0 Å². The molecule has 0 aliphatic heterocycles. The minimum Gasteiger partial charge on any atom is -0.0761 e. The zero-order chi connectivity index (χ0) is 16.7. The first-order chi connectivity index (χ1) is 11.6. The molecule has 1 unspecified atom stereocenters. The van der Waals surface area contributed by atoms with Crippen LogP contribution in [0.5, 0.6) is 0 Å². The van der Waals surface area contributed by atoms with Crippen molar-refractivity contribution < 1.29 is 0 Å². The van der Waals surface area contributed by atoms with Crippen molar-refractivity contribution in [2.45, 2.75) is 33.1 Å². The lowest BCUT2D eigenvalue weighted by Gasteiger charge is -2.15. The SMILES string of the molecule is Cc1cccc(C2=CCC(c3ccc4c(c3)C=CC4C(C)C)=C2)c1. The van der Waals surface area contributed by atoms with Gasteiger partial charge in [-0.1, -0.05) is 80.1 Å². The van der Waals surface area contributed by atoms with Crippen molar-refractivity contribution in [3.8, 4) is 0 Å². The summed E-state index contributed by atoms with van der Waals surface area (Å²) in [5.74, 6) is 1.24. The van der Waals surface area contributed by atoms with Crippen LogP contribution in [0.15, 0.2) is 60.7 Å². The highest BCUT2D eigenvalue weighted by molar-refractivity contribution is 5.90. The van der Waals surface area contributed by atoms with E-state index in [1.807, 2.05) is 0 Å². The van der Waals surface area contributed by atoms with E-state index >= 15 is 0 Å². The zero-order valence-corrected chi connectivity index (χ0v) is 14.7. The molecule has 0 fully saturated rings. The van der Waals surface area contributed by atoms with Gasteiger partial charge in [-0.3, -0.25) is 0 Å². The number of benzene rings is 2. The molecule has 0 radical (unpaired) electrons. The van der Waals surface area contributed by atoms with Crippen molar-refractivity contribution in [1.82, 2.24) is 0 Å². The standard InChI is InChI=1S/C24H24/c1-16(2)23-11-10-22-15-21(9-12-24(22)23)20-8-7-19(14-20)18-6-4-5-17(3)13-18/h4-7,9-16,23H,8H2,1-3H3. The Morgan fingerprint density at radius 3 is 2.67 bits per heavy atom. The average Bonchev–Trinajstić information content (AvgIpc) is 3.21. The molecule has 2 aliphatic rings. The second kappa shape index (κ2) is 5.94. The van der Waals surface area contributed by atoms with Gasteiger partial charge >= 0.3 is 0 Å². The Morgan fingerprint density at radius 2 is 1.88 bits per heavy atom. The van der Waals surface area contributed by atoms with Gasteiger partial charge in [-0.05, 0) is 58.7 Å². The van der Waals surface area contributed by atoms with Gasteiger partial charge in [-0.15, -0.1) is 0 Å². The third-order valence-corrected chi connectivity index (χ3v) is 5.24. The van der Waals surface area contributed by atoms with E-state index in [1.54, 1.807) is 0 Å². The summed E-state index contributed by atoms with van der Waals surface area (Å²) >= 11 is 0. The lowest BCUT2D eigenvalue weighted by molar-refractivity contribution is 0.584. The Kier molecular flexibility index (Phi) is 3.76. The molecule has 2 aromatic rings. The van der Waals surface area contributed by atoms with Gasteiger partial charge in [-0.2, -0.15) is 0 Å². The van der Waals surface area contributed by atoms with Gasteiger partial charge in [0.15, 0.2) is 0 Å². The number of hydrogen-bond acceptors (Lipinski definition) is 0. The lowest BCUT2D eigenvalue weighted by atomic mass is 9.89. The Labute approximate surface area is 145 Å². The first-order valence-electron chi connectivity index (χ1n) is 8.92. The topological polar surface area (TPSA) is 0 Å². The van der Waals surface area contributed by atoms with Crippen LogP contribution in [0.2, 0.25) is 0 Å². The molecule has 0 nitrogen and oxygen atoms in total. The summed E-state index contributed by atoms with van der Waals surface area (Å²) in [6.45, 7) is 6.76. The van der Waals surface area contributed by atoms with Gasteiger partial charge in [-0.25, -0.2) is 0 Å². The first-order valence-corrected chi connectivity index (χ1v) is 8.92. The molecule has 4 rings (SSSR count). The molecule has 0 heterocycles.